The van der Waals surface area contributed by atoms with E-state index < -0.39 is 31.1 Å². The average molecular weight is 389 g/mol. The molecule has 2 aromatic rings. The fourth-order valence-electron chi connectivity index (χ4n) is 2.62. The second kappa shape index (κ2) is 7.10. The van der Waals surface area contributed by atoms with Crippen LogP contribution in [0.1, 0.15) is 6.23 Å². The van der Waals surface area contributed by atoms with E-state index in [0.717, 1.165) is 0 Å². The number of hydrogen-bond donors (Lipinski definition) is 3. The number of ether oxygens (including phenoxy) is 1. The first-order valence-electron chi connectivity index (χ1n) is 7.03. The summed E-state index contributed by atoms with van der Waals surface area (Å²) >= 11 is 13.4. The molecule has 0 aliphatic carbocycles. The number of terminal acetylenes is 1. The zero-order chi connectivity index (χ0) is 17.4. The lowest BCUT2D eigenvalue weighted by molar-refractivity contribution is -0.0545. The highest BCUT2D eigenvalue weighted by Gasteiger charge is 2.44. The Balaban J connectivity index is 2.14. The van der Waals surface area contributed by atoms with E-state index in [1.54, 1.807) is 16.7 Å². The monoisotopic (exact) mass is 388 g/mol. The largest absolute Gasteiger partial charge is 0.394 e. The molecule has 0 bridgehead atoms. The van der Waals surface area contributed by atoms with Gasteiger partial charge in [0.25, 0.3) is 0 Å². The van der Waals surface area contributed by atoms with Gasteiger partial charge in [0, 0.05) is 0 Å². The van der Waals surface area contributed by atoms with E-state index in [9.17, 15) is 15.3 Å². The van der Waals surface area contributed by atoms with Crippen LogP contribution in [0.25, 0.3) is 11.0 Å². The fraction of sp³-hybridized carbons (Fsp3) is 0.400. The van der Waals surface area contributed by atoms with Crippen LogP contribution < -0.4 is 0 Å². The molecule has 6 nitrogen and oxygen atoms in total. The first-order chi connectivity index (χ1) is 11.5. The smallest absolute Gasteiger partial charge is 0.172 e. The molecule has 3 rings (SSSR count). The summed E-state index contributed by atoms with van der Waals surface area (Å²) in [5.41, 5.74) is 1.14. The van der Waals surface area contributed by atoms with Gasteiger partial charge in [0.05, 0.1) is 33.4 Å². The number of imidazole rings is 1. The number of aliphatic hydroxyl groups is 3. The number of fused-ring (bicyclic) bond motifs is 1. The molecule has 24 heavy (non-hydrogen) atoms. The number of rotatable bonds is 4. The van der Waals surface area contributed by atoms with Gasteiger partial charge in [0.1, 0.15) is 18.3 Å². The molecule has 3 N–H and O–H groups in total. The normalized spacial score (nSPS) is 26.8. The first kappa shape index (κ1) is 17.8. The molecule has 1 aliphatic heterocycles. The molecule has 9 heteroatoms. The van der Waals surface area contributed by atoms with Crippen molar-refractivity contribution in [3.63, 3.8) is 0 Å². The van der Waals surface area contributed by atoms with Crippen LogP contribution in [0.4, 0.5) is 0 Å². The molecule has 0 spiro atoms. The lowest BCUT2D eigenvalue weighted by atomic mass is 10.1. The Hall–Kier alpha value is -0.980. The van der Waals surface area contributed by atoms with Crippen molar-refractivity contribution >= 4 is 46.0 Å². The number of benzene rings is 1. The summed E-state index contributed by atoms with van der Waals surface area (Å²) in [4.78, 5) is 4.46. The zero-order valence-corrected chi connectivity index (χ0v) is 14.6. The van der Waals surface area contributed by atoms with Crippen LogP contribution in [0, 0.1) is 12.3 Å². The molecule has 2 heterocycles. The lowest BCUT2D eigenvalue weighted by Gasteiger charge is -2.19. The maximum Gasteiger partial charge on any atom is 0.172 e. The summed E-state index contributed by atoms with van der Waals surface area (Å²) in [7, 11) is 0. The van der Waals surface area contributed by atoms with Gasteiger partial charge in [-0.2, -0.15) is 0 Å². The maximum absolute atomic E-state index is 10.3. The van der Waals surface area contributed by atoms with E-state index in [-0.39, 0.29) is 0 Å². The third-order valence-corrected chi connectivity index (χ3v) is 5.33. The molecule has 1 saturated heterocycles. The van der Waals surface area contributed by atoms with Crippen molar-refractivity contribution in [3.8, 4) is 12.3 Å². The summed E-state index contributed by atoms with van der Waals surface area (Å²) < 4.78 is 7.22. The van der Waals surface area contributed by atoms with Crippen molar-refractivity contribution in [3.05, 3.63) is 22.2 Å². The van der Waals surface area contributed by atoms with Crippen LogP contribution in [-0.4, -0.2) is 55.5 Å². The number of hydrogen-bond acceptors (Lipinski definition) is 6. The minimum Gasteiger partial charge on any atom is -0.394 e. The van der Waals surface area contributed by atoms with Gasteiger partial charge in [-0.3, -0.25) is 4.57 Å². The van der Waals surface area contributed by atoms with Crippen molar-refractivity contribution in [1.82, 2.24) is 9.55 Å². The van der Waals surface area contributed by atoms with E-state index in [1.165, 1.54) is 11.8 Å². The Bertz CT molecular complexity index is 807. The Morgan fingerprint density at radius 2 is 2.00 bits per heavy atom. The number of nitrogens with zero attached hydrogens (tertiary/aromatic N) is 2. The van der Waals surface area contributed by atoms with Crippen LogP contribution in [0.3, 0.4) is 0 Å². The first-order valence-corrected chi connectivity index (χ1v) is 8.77. The van der Waals surface area contributed by atoms with Crippen LogP contribution in [-0.2, 0) is 4.74 Å². The molecule has 1 aromatic heterocycles. The number of aromatic nitrogens is 2. The molecular weight excluding hydrogens is 375 g/mol. The lowest BCUT2D eigenvalue weighted by Crippen LogP contribution is -2.33. The van der Waals surface area contributed by atoms with Crippen LogP contribution in [0.2, 0.25) is 10.0 Å². The van der Waals surface area contributed by atoms with Gasteiger partial charge in [-0.25, -0.2) is 4.98 Å². The topological polar surface area (TPSA) is 87.7 Å². The highest BCUT2D eigenvalue weighted by Crippen LogP contribution is 2.38. The number of aliphatic hydroxyl groups excluding tert-OH is 3. The molecule has 4 atom stereocenters. The van der Waals surface area contributed by atoms with E-state index in [1.807, 2.05) is 0 Å². The van der Waals surface area contributed by atoms with E-state index in [2.05, 4.69) is 10.9 Å². The van der Waals surface area contributed by atoms with Gasteiger partial charge in [-0.1, -0.05) is 40.9 Å². The van der Waals surface area contributed by atoms with Crippen molar-refractivity contribution in [2.24, 2.45) is 0 Å². The Labute approximate surface area is 152 Å². The molecule has 0 unspecified atom stereocenters. The van der Waals surface area contributed by atoms with Gasteiger partial charge < -0.3 is 20.1 Å². The van der Waals surface area contributed by atoms with E-state index in [4.69, 9.17) is 34.4 Å². The summed E-state index contributed by atoms with van der Waals surface area (Å²) in [6.07, 6.45) is 1.03. The van der Waals surface area contributed by atoms with Gasteiger partial charge in [0.2, 0.25) is 0 Å². The average Bonchev–Trinajstić information content (AvgIpc) is 3.04. The van der Waals surface area contributed by atoms with Crippen molar-refractivity contribution in [2.75, 3.05) is 12.4 Å². The summed E-state index contributed by atoms with van der Waals surface area (Å²) in [6.45, 7) is -0.416. The quantitative estimate of drug-likeness (QED) is 0.545. The second-order valence-corrected chi connectivity index (χ2v) is 7.00. The number of halogens is 2. The summed E-state index contributed by atoms with van der Waals surface area (Å²) in [6, 6.07) is 3.22. The Morgan fingerprint density at radius 1 is 1.29 bits per heavy atom. The van der Waals surface area contributed by atoms with Gasteiger partial charge in [-0.05, 0) is 12.1 Å². The minimum absolute atomic E-state index is 0.325. The van der Waals surface area contributed by atoms with Crippen molar-refractivity contribution in [2.45, 2.75) is 29.7 Å². The highest BCUT2D eigenvalue weighted by atomic mass is 35.5. The fourth-order valence-corrected chi connectivity index (χ4v) is 3.65. The summed E-state index contributed by atoms with van der Waals surface area (Å²) in [5, 5.41) is 30.8. The molecule has 1 aromatic carbocycles. The third kappa shape index (κ3) is 3.00. The van der Waals surface area contributed by atoms with Gasteiger partial charge in [-0.15, -0.1) is 6.42 Å². The highest BCUT2D eigenvalue weighted by molar-refractivity contribution is 7.99. The number of thioether (sulfide) groups is 1. The molecule has 128 valence electrons. The third-order valence-electron chi connectivity index (χ3n) is 3.76. The molecule has 0 amide bonds. The maximum atomic E-state index is 10.3. The van der Waals surface area contributed by atoms with E-state index >= 15 is 0 Å². The molecule has 0 radical (unpaired) electrons. The Morgan fingerprint density at radius 3 is 2.62 bits per heavy atom. The standard InChI is InChI=1S/C15H14Cl2N2O4S/c1-2-3-24-15-18-9-4-7(16)8(17)5-10(9)19(15)14-13(22)12(21)11(6-20)23-14/h1,4-5,11-14,20-22H,3,6H2/t11-,12-,13-,14-/m1/s1. The second-order valence-electron chi connectivity index (χ2n) is 5.24. The molecule has 1 fully saturated rings. The van der Waals surface area contributed by atoms with Crippen LogP contribution >= 0.6 is 35.0 Å². The molecule has 0 saturated carbocycles. The van der Waals surface area contributed by atoms with Crippen LogP contribution in [0.15, 0.2) is 17.3 Å². The van der Waals surface area contributed by atoms with Crippen LogP contribution in [0.5, 0.6) is 0 Å². The van der Waals surface area contributed by atoms with Gasteiger partial charge >= 0.3 is 0 Å². The SMILES string of the molecule is C#CCSc1nc2cc(Cl)c(Cl)cc2n1[C@@H]1O[C@H](CO)[C@@H](O)[C@H]1O. The van der Waals surface area contributed by atoms with Gasteiger partial charge in [0.15, 0.2) is 11.4 Å². The molecular formula is C15H14Cl2N2O4S. The zero-order valence-electron chi connectivity index (χ0n) is 12.3. The Kier molecular flexibility index (Phi) is 5.27. The molecule has 1 aliphatic rings. The summed E-state index contributed by atoms with van der Waals surface area (Å²) in [5.74, 6) is 2.87. The van der Waals surface area contributed by atoms with Crippen molar-refractivity contribution < 1.29 is 20.1 Å². The predicted molar refractivity (Wildman–Crippen MR) is 92.3 cm³/mol. The van der Waals surface area contributed by atoms with E-state index in [0.29, 0.717) is 32.0 Å². The predicted octanol–water partition coefficient (Wildman–Crippen LogP) is 1.68. The minimum atomic E-state index is -1.24. The van der Waals surface area contributed by atoms with Crippen molar-refractivity contribution in [1.29, 1.82) is 0 Å².